The predicted octanol–water partition coefficient (Wildman–Crippen LogP) is 4.98. The monoisotopic (exact) mass is 413 g/mol. The first kappa shape index (κ1) is 19.1. The molecule has 1 aromatic heterocycles. The molecule has 0 spiro atoms. The highest BCUT2D eigenvalue weighted by atomic mass is 32.1. The number of nitro groups is 1. The molecule has 1 aliphatic rings. The molecule has 1 fully saturated rings. The Kier molecular flexibility index (Phi) is 4.83. The van der Waals surface area contributed by atoms with Gasteiger partial charge in [0, 0.05) is 25.1 Å². The molecule has 2 heterocycles. The van der Waals surface area contributed by atoms with Crippen molar-refractivity contribution in [1.82, 2.24) is 4.98 Å². The van der Waals surface area contributed by atoms with Crippen LogP contribution in [0.5, 0.6) is 5.75 Å². The van der Waals surface area contributed by atoms with Crippen LogP contribution in [0.1, 0.15) is 20.3 Å². The number of rotatable bonds is 4. The maximum atomic E-state index is 12.3. The molecule has 4 rings (SSSR count). The number of thiazole rings is 1. The van der Waals surface area contributed by atoms with Crippen LogP contribution in [0.3, 0.4) is 0 Å². The van der Waals surface area contributed by atoms with Crippen molar-refractivity contribution in [2.24, 2.45) is 5.41 Å². The highest BCUT2D eigenvalue weighted by molar-refractivity contribution is 7.22. The van der Waals surface area contributed by atoms with Crippen molar-refractivity contribution in [1.29, 1.82) is 0 Å². The van der Waals surface area contributed by atoms with Crippen molar-refractivity contribution >= 4 is 38.5 Å². The number of fused-ring (bicyclic) bond motifs is 1. The highest BCUT2D eigenvalue weighted by Crippen LogP contribution is 2.40. The predicted molar refractivity (Wildman–Crippen MR) is 109 cm³/mol. The van der Waals surface area contributed by atoms with Crippen molar-refractivity contribution in [3.05, 3.63) is 58.6 Å². The molecule has 8 nitrogen and oxygen atoms in total. The zero-order chi connectivity index (χ0) is 20.6. The summed E-state index contributed by atoms with van der Waals surface area (Å²) in [6.45, 7) is 4.92. The van der Waals surface area contributed by atoms with E-state index in [4.69, 9.17) is 9.47 Å². The minimum absolute atomic E-state index is 0.0594. The molecule has 150 valence electrons. The lowest BCUT2D eigenvalue weighted by molar-refractivity contribution is -0.384. The minimum Gasteiger partial charge on any atom is -0.410 e. The van der Waals surface area contributed by atoms with Crippen LogP contribution < -0.4 is 9.64 Å². The van der Waals surface area contributed by atoms with Crippen molar-refractivity contribution in [2.75, 3.05) is 11.4 Å². The summed E-state index contributed by atoms with van der Waals surface area (Å²) in [6.07, 6.45) is -0.720. The standard InChI is InChI=1S/C20H19N3O5S/c1-20(2)11-17(22(12-20)18-21-15-5-3-4-6-16(15)29-18)28-19(24)27-14-9-7-13(8-10-14)23(25)26/h3-10,17H,11-12H2,1-2H3. The van der Waals surface area contributed by atoms with Gasteiger partial charge in [-0.1, -0.05) is 37.3 Å². The molecule has 3 aromatic rings. The highest BCUT2D eigenvalue weighted by Gasteiger charge is 2.41. The van der Waals surface area contributed by atoms with Crippen LogP contribution in [-0.2, 0) is 4.74 Å². The Hall–Kier alpha value is -3.20. The van der Waals surface area contributed by atoms with Gasteiger partial charge in [0.1, 0.15) is 5.75 Å². The van der Waals surface area contributed by atoms with Gasteiger partial charge in [0.15, 0.2) is 11.4 Å². The first-order chi connectivity index (χ1) is 13.8. The number of anilines is 1. The van der Waals surface area contributed by atoms with Crippen LogP contribution in [-0.4, -0.2) is 28.8 Å². The lowest BCUT2D eigenvalue weighted by Gasteiger charge is -2.23. The van der Waals surface area contributed by atoms with Crippen molar-refractivity contribution in [2.45, 2.75) is 26.5 Å². The number of aromatic nitrogens is 1. The number of non-ortho nitro benzene ring substituents is 1. The van der Waals surface area contributed by atoms with Gasteiger partial charge in [-0.3, -0.25) is 10.1 Å². The van der Waals surface area contributed by atoms with E-state index in [0.29, 0.717) is 13.0 Å². The second-order valence-corrected chi connectivity index (χ2v) is 8.65. The molecule has 0 aliphatic carbocycles. The Labute approximate surface area is 170 Å². The quantitative estimate of drug-likeness (QED) is 0.257. The fraction of sp³-hybridized carbons (Fsp3) is 0.300. The lowest BCUT2D eigenvalue weighted by Crippen LogP contribution is -2.34. The summed E-state index contributed by atoms with van der Waals surface area (Å²) in [5.74, 6) is 0.185. The normalized spacial score (nSPS) is 18.0. The summed E-state index contributed by atoms with van der Waals surface area (Å²) >= 11 is 1.55. The van der Waals surface area contributed by atoms with E-state index < -0.39 is 17.3 Å². The van der Waals surface area contributed by atoms with Crippen LogP contribution in [0.15, 0.2) is 48.5 Å². The molecule has 0 N–H and O–H groups in total. The molecule has 29 heavy (non-hydrogen) atoms. The van der Waals surface area contributed by atoms with Gasteiger partial charge in [0.2, 0.25) is 0 Å². The van der Waals surface area contributed by atoms with E-state index in [-0.39, 0.29) is 16.9 Å². The van der Waals surface area contributed by atoms with Crippen LogP contribution >= 0.6 is 11.3 Å². The van der Waals surface area contributed by atoms with E-state index in [1.807, 2.05) is 29.2 Å². The molecule has 2 aromatic carbocycles. The third-order valence-electron chi connectivity index (χ3n) is 4.68. The van der Waals surface area contributed by atoms with E-state index in [1.165, 1.54) is 24.3 Å². The SMILES string of the molecule is CC1(C)CC(OC(=O)Oc2ccc([N+](=O)[O-])cc2)N(c2nc3ccccc3s2)C1. The summed E-state index contributed by atoms with van der Waals surface area (Å²) in [5.41, 5.74) is 0.769. The van der Waals surface area contributed by atoms with Gasteiger partial charge in [0.25, 0.3) is 5.69 Å². The molecule has 1 unspecified atom stereocenters. The summed E-state index contributed by atoms with van der Waals surface area (Å²) in [4.78, 5) is 29.2. The number of benzene rings is 2. The zero-order valence-corrected chi connectivity index (χ0v) is 16.7. The van der Waals surface area contributed by atoms with E-state index in [0.717, 1.165) is 15.3 Å². The molecular formula is C20H19N3O5S. The number of carbonyl (C=O) groups excluding carboxylic acids is 1. The lowest BCUT2D eigenvalue weighted by atomic mass is 9.93. The average Bonchev–Trinajstić information content (AvgIpc) is 3.22. The van der Waals surface area contributed by atoms with Crippen LogP contribution in [0, 0.1) is 15.5 Å². The third kappa shape index (κ3) is 4.14. The number of nitrogens with zero attached hydrogens (tertiary/aromatic N) is 3. The van der Waals surface area contributed by atoms with E-state index in [1.54, 1.807) is 11.3 Å². The first-order valence-electron chi connectivity index (χ1n) is 9.06. The van der Waals surface area contributed by atoms with Crippen LogP contribution in [0.25, 0.3) is 10.2 Å². The topological polar surface area (TPSA) is 94.8 Å². The van der Waals surface area contributed by atoms with Crippen molar-refractivity contribution in [3.63, 3.8) is 0 Å². The summed E-state index contributed by atoms with van der Waals surface area (Å²) in [7, 11) is 0. The maximum Gasteiger partial charge on any atom is 0.515 e. The number of para-hydroxylation sites is 1. The molecule has 1 saturated heterocycles. The Bertz CT molecular complexity index is 1030. The van der Waals surface area contributed by atoms with Gasteiger partial charge in [-0.2, -0.15) is 0 Å². The molecule has 1 atom stereocenters. The van der Waals surface area contributed by atoms with Crippen LogP contribution in [0.2, 0.25) is 0 Å². The first-order valence-corrected chi connectivity index (χ1v) is 9.88. The summed E-state index contributed by atoms with van der Waals surface area (Å²) in [5, 5.41) is 11.5. The molecule has 0 saturated carbocycles. The Morgan fingerprint density at radius 2 is 1.97 bits per heavy atom. The van der Waals surface area contributed by atoms with E-state index in [2.05, 4.69) is 18.8 Å². The van der Waals surface area contributed by atoms with Gasteiger partial charge in [-0.05, 0) is 29.7 Å². The van der Waals surface area contributed by atoms with E-state index in [9.17, 15) is 14.9 Å². The largest absolute Gasteiger partial charge is 0.515 e. The van der Waals surface area contributed by atoms with E-state index >= 15 is 0 Å². The van der Waals surface area contributed by atoms with Gasteiger partial charge >= 0.3 is 6.16 Å². The van der Waals surface area contributed by atoms with Gasteiger partial charge in [0.05, 0.1) is 15.1 Å². The summed E-state index contributed by atoms with van der Waals surface area (Å²) < 4.78 is 11.9. The Morgan fingerprint density at radius 1 is 1.24 bits per heavy atom. The zero-order valence-electron chi connectivity index (χ0n) is 15.9. The number of hydrogen-bond donors (Lipinski definition) is 0. The molecule has 0 bridgehead atoms. The second kappa shape index (κ2) is 7.32. The minimum atomic E-state index is -0.854. The number of carbonyl (C=O) groups is 1. The molecule has 0 amide bonds. The van der Waals surface area contributed by atoms with Crippen molar-refractivity contribution < 1.29 is 19.2 Å². The third-order valence-corrected chi connectivity index (χ3v) is 5.76. The Morgan fingerprint density at radius 3 is 2.66 bits per heavy atom. The molecule has 1 aliphatic heterocycles. The average molecular weight is 413 g/mol. The van der Waals surface area contributed by atoms with Gasteiger partial charge in [-0.15, -0.1) is 0 Å². The fourth-order valence-electron chi connectivity index (χ4n) is 3.36. The Balaban J connectivity index is 1.49. The van der Waals surface area contributed by atoms with Gasteiger partial charge < -0.3 is 14.4 Å². The molecular weight excluding hydrogens is 394 g/mol. The van der Waals surface area contributed by atoms with Crippen LogP contribution in [0.4, 0.5) is 15.6 Å². The summed E-state index contributed by atoms with van der Waals surface area (Å²) in [6, 6.07) is 13.1. The fourth-order valence-corrected chi connectivity index (χ4v) is 4.36. The number of ether oxygens (including phenoxy) is 2. The van der Waals surface area contributed by atoms with Gasteiger partial charge in [-0.25, -0.2) is 9.78 Å². The number of nitro benzene ring substituents is 1. The molecule has 9 heteroatoms. The smallest absolute Gasteiger partial charge is 0.410 e. The molecule has 0 radical (unpaired) electrons. The second-order valence-electron chi connectivity index (χ2n) is 7.64. The maximum absolute atomic E-state index is 12.3. The number of hydrogen-bond acceptors (Lipinski definition) is 8. The van der Waals surface area contributed by atoms with Crippen molar-refractivity contribution in [3.8, 4) is 5.75 Å².